The van der Waals surface area contributed by atoms with Crippen molar-refractivity contribution < 1.29 is 19.5 Å². The van der Waals surface area contributed by atoms with E-state index < -0.39 is 24.0 Å². The number of carbonyl (C=O) groups is 3. The Labute approximate surface area is 209 Å². The van der Waals surface area contributed by atoms with Crippen LogP contribution >= 0.6 is 0 Å². The van der Waals surface area contributed by atoms with E-state index in [1.54, 1.807) is 13.8 Å². The third-order valence-corrected chi connectivity index (χ3v) is 6.50. The summed E-state index contributed by atoms with van der Waals surface area (Å²) in [6, 6.07) is -1.68. The van der Waals surface area contributed by atoms with Crippen LogP contribution in [-0.2, 0) is 14.4 Å². The highest BCUT2D eigenvalue weighted by atomic mass is 16.4. The molecule has 200 valence electrons. The third-order valence-electron chi connectivity index (χ3n) is 6.50. The molecule has 34 heavy (non-hydrogen) atoms. The van der Waals surface area contributed by atoms with Gasteiger partial charge in [0.1, 0.15) is 12.1 Å². The van der Waals surface area contributed by atoms with E-state index in [2.05, 4.69) is 17.6 Å². The summed E-state index contributed by atoms with van der Waals surface area (Å²) in [5.41, 5.74) is 0. The van der Waals surface area contributed by atoms with Gasteiger partial charge in [-0.15, -0.1) is 0 Å². The molecule has 0 bridgehead atoms. The number of unbranched alkanes of at least 4 members (excludes halogenated alkanes) is 14. The fourth-order valence-electron chi connectivity index (χ4n) is 4.19. The summed E-state index contributed by atoms with van der Waals surface area (Å²) in [6.45, 7) is 9.46. The molecule has 0 aromatic heterocycles. The van der Waals surface area contributed by atoms with E-state index in [4.69, 9.17) is 0 Å². The van der Waals surface area contributed by atoms with Crippen LogP contribution in [0.2, 0.25) is 0 Å². The number of carboxylic acid groups (broad SMARTS) is 1. The Kier molecular flexibility index (Phi) is 19.8. The Morgan fingerprint density at radius 1 is 0.588 bits per heavy atom. The van der Waals surface area contributed by atoms with E-state index in [1.165, 1.54) is 77.0 Å². The fraction of sp³-hybridized carbons (Fsp3) is 0.893. The zero-order valence-corrected chi connectivity index (χ0v) is 22.8. The van der Waals surface area contributed by atoms with Crippen molar-refractivity contribution in [3.05, 3.63) is 0 Å². The second-order valence-corrected chi connectivity index (χ2v) is 10.6. The lowest BCUT2D eigenvalue weighted by Crippen LogP contribution is -2.54. The minimum atomic E-state index is -1.06. The molecule has 0 radical (unpaired) electrons. The van der Waals surface area contributed by atoms with Crippen LogP contribution in [0, 0.1) is 11.8 Å². The van der Waals surface area contributed by atoms with Gasteiger partial charge in [-0.2, -0.15) is 0 Å². The number of amides is 2. The largest absolute Gasteiger partial charge is 0.480 e. The normalized spacial score (nSPS) is 13.1. The average Bonchev–Trinajstić information content (AvgIpc) is 2.77. The average molecular weight is 483 g/mol. The molecule has 2 amide bonds. The summed E-state index contributed by atoms with van der Waals surface area (Å²) >= 11 is 0. The van der Waals surface area contributed by atoms with Gasteiger partial charge in [-0.3, -0.25) is 9.59 Å². The van der Waals surface area contributed by atoms with Crippen LogP contribution in [0.5, 0.6) is 0 Å². The monoisotopic (exact) mass is 482 g/mol. The number of nitrogens with one attached hydrogen (secondary N) is 2. The van der Waals surface area contributed by atoms with E-state index in [0.717, 1.165) is 19.3 Å². The summed E-state index contributed by atoms with van der Waals surface area (Å²) in [5.74, 6) is -1.98. The van der Waals surface area contributed by atoms with Crippen molar-refractivity contribution in [2.24, 2.45) is 11.8 Å². The van der Waals surface area contributed by atoms with Crippen LogP contribution in [-0.4, -0.2) is 35.0 Å². The van der Waals surface area contributed by atoms with Gasteiger partial charge in [0.15, 0.2) is 0 Å². The van der Waals surface area contributed by atoms with Crippen molar-refractivity contribution in [1.29, 1.82) is 0 Å². The maximum absolute atomic E-state index is 12.6. The molecule has 0 saturated carbocycles. The number of hydrogen-bond acceptors (Lipinski definition) is 3. The SMILES string of the molecule is CCCCCCCCCCCCCCCCCC(=O)N[C@H](C(=O)N[C@H](C(=O)O)C(C)C)C(C)C. The first-order chi connectivity index (χ1) is 16.2. The van der Waals surface area contributed by atoms with Gasteiger partial charge in [-0.05, 0) is 18.3 Å². The summed E-state index contributed by atoms with van der Waals surface area (Å²) in [6.07, 6.45) is 19.6. The van der Waals surface area contributed by atoms with Gasteiger partial charge >= 0.3 is 5.97 Å². The second kappa shape index (κ2) is 20.8. The minimum Gasteiger partial charge on any atom is -0.480 e. The lowest BCUT2D eigenvalue weighted by atomic mass is 10.00. The standard InChI is InChI=1S/C28H54N2O4/c1-6-7-8-9-10-11-12-13-14-15-16-17-18-19-20-21-24(31)29-25(22(2)3)27(32)30-26(23(4)5)28(33)34/h22-23,25-26H,6-21H2,1-5H3,(H,29,31)(H,30,32)(H,33,34)/t25-,26-/m0/s1. The lowest BCUT2D eigenvalue weighted by Gasteiger charge is -2.25. The molecule has 0 aliphatic carbocycles. The maximum Gasteiger partial charge on any atom is 0.326 e. The van der Waals surface area contributed by atoms with Gasteiger partial charge in [-0.1, -0.05) is 125 Å². The molecule has 0 rings (SSSR count). The predicted molar refractivity (Wildman–Crippen MR) is 141 cm³/mol. The summed E-state index contributed by atoms with van der Waals surface area (Å²) < 4.78 is 0. The van der Waals surface area contributed by atoms with Gasteiger partial charge in [0.25, 0.3) is 0 Å². The fourth-order valence-corrected chi connectivity index (χ4v) is 4.19. The number of carbonyl (C=O) groups excluding carboxylic acids is 2. The molecule has 0 heterocycles. The second-order valence-electron chi connectivity index (χ2n) is 10.6. The van der Waals surface area contributed by atoms with E-state index in [1.807, 2.05) is 13.8 Å². The predicted octanol–water partition coefficient (Wildman–Crippen LogP) is 6.61. The zero-order chi connectivity index (χ0) is 25.8. The number of carboxylic acids is 1. The molecule has 0 spiro atoms. The van der Waals surface area contributed by atoms with Crippen LogP contribution in [0.1, 0.15) is 137 Å². The van der Waals surface area contributed by atoms with Crippen LogP contribution < -0.4 is 10.6 Å². The minimum absolute atomic E-state index is 0.119. The molecule has 6 nitrogen and oxygen atoms in total. The smallest absolute Gasteiger partial charge is 0.326 e. The first-order valence-corrected chi connectivity index (χ1v) is 14.0. The van der Waals surface area contributed by atoms with Gasteiger partial charge < -0.3 is 15.7 Å². The first kappa shape index (κ1) is 32.4. The van der Waals surface area contributed by atoms with Crippen molar-refractivity contribution in [1.82, 2.24) is 10.6 Å². The molecule has 0 aromatic rings. The molecule has 0 aromatic carbocycles. The molecule has 6 heteroatoms. The molecular formula is C28H54N2O4. The number of aliphatic carboxylic acids is 1. The summed E-state index contributed by atoms with van der Waals surface area (Å²) in [5, 5.41) is 14.7. The highest BCUT2D eigenvalue weighted by Gasteiger charge is 2.29. The molecule has 3 N–H and O–H groups in total. The molecular weight excluding hydrogens is 428 g/mol. The Morgan fingerprint density at radius 3 is 1.32 bits per heavy atom. The molecule has 0 aliphatic heterocycles. The van der Waals surface area contributed by atoms with E-state index in [-0.39, 0.29) is 17.7 Å². The molecule has 2 atom stereocenters. The van der Waals surface area contributed by atoms with Crippen molar-refractivity contribution in [3.8, 4) is 0 Å². The molecule has 0 unspecified atom stereocenters. The zero-order valence-electron chi connectivity index (χ0n) is 22.8. The highest BCUT2D eigenvalue weighted by molar-refractivity contribution is 5.90. The van der Waals surface area contributed by atoms with Crippen LogP contribution in [0.25, 0.3) is 0 Å². The topological polar surface area (TPSA) is 95.5 Å². The van der Waals surface area contributed by atoms with Crippen molar-refractivity contribution in [3.63, 3.8) is 0 Å². The molecule has 0 saturated heterocycles. The first-order valence-electron chi connectivity index (χ1n) is 14.0. The Balaban J connectivity index is 3.87. The van der Waals surface area contributed by atoms with Crippen LogP contribution in [0.15, 0.2) is 0 Å². The van der Waals surface area contributed by atoms with E-state index >= 15 is 0 Å². The Morgan fingerprint density at radius 2 is 0.971 bits per heavy atom. The maximum atomic E-state index is 12.6. The number of rotatable bonds is 22. The Bertz CT molecular complexity index is 549. The molecule has 0 fully saturated rings. The highest BCUT2D eigenvalue weighted by Crippen LogP contribution is 2.14. The van der Waals surface area contributed by atoms with Crippen molar-refractivity contribution in [2.45, 2.75) is 149 Å². The van der Waals surface area contributed by atoms with Gasteiger partial charge in [0, 0.05) is 6.42 Å². The van der Waals surface area contributed by atoms with E-state index in [0.29, 0.717) is 6.42 Å². The van der Waals surface area contributed by atoms with Gasteiger partial charge in [0.05, 0.1) is 0 Å². The van der Waals surface area contributed by atoms with Crippen LogP contribution in [0.3, 0.4) is 0 Å². The van der Waals surface area contributed by atoms with Crippen molar-refractivity contribution in [2.75, 3.05) is 0 Å². The van der Waals surface area contributed by atoms with Gasteiger partial charge in [0.2, 0.25) is 11.8 Å². The summed E-state index contributed by atoms with van der Waals surface area (Å²) in [7, 11) is 0. The summed E-state index contributed by atoms with van der Waals surface area (Å²) in [4.78, 5) is 36.3. The quantitative estimate of drug-likeness (QED) is 0.151. The van der Waals surface area contributed by atoms with Gasteiger partial charge in [-0.25, -0.2) is 4.79 Å². The van der Waals surface area contributed by atoms with E-state index in [9.17, 15) is 19.5 Å². The third kappa shape index (κ3) is 16.9. The molecule has 0 aliphatic rings. The lowest BCUT2D eigenvalue weighted by molar-refractivity contribution is -0.143. The van der Waals surface area contributed by atoms with Crippen molar-refractivity contribution >= 4 is 17.8 Å². The van der Waals surface area contributed by atoms with Crippen LogP contribution in [0.4, 0.5) is 0 Å². The Hall–Kier alpha value is -1.59. The number of hydrogen-bond donors (Lipinski definition) is 3.